The fraction of sp³-hybridized carbons (Fsp3) is 0.357. The van der Waals surface area contributed by atoms with Crippen LogP contribution in [0.25, 0.3) is 0 Å². The highest BCUT2D eigenvalue weighted by atomic mass is 16.5. The lowest BCUT2D eigenvalue weighted by Gasteiger charge is -2.10. The van der Waals surface area contributed by atoms with Crippen LogP contribution in [-0.2, 0) is 6.61 Å². The number of ether oxygens (including phenoxy) is 1. The lowest BCUT2D eigenvalue weighted by Crippen LogP contribution is -2.14. The summed E-state index contributed by atoms with van der Waals surface area (Å²) in [4.78, 5) is 0. The molecular formula is C14H18N2O3. The van der Waals surface area contributed by atoms with Crippen LogP contribution in [-0.4, -0.2) is 16.9 Å². The van der Waals surface area contributed by atoms with Crippen molar-refractivity contribution in [2.45, 2.75) is 26.5 Å². The van der Waals surface area contributed by atoms with Gasteiger partial charge in [-0.05, 0) is 31.5 Å². The summed E-state index contributed by atoms with van der Waals surface area (Å²) < 4.78 is 10.8. The normalized spacial score (nSPS) is 12.4. The first-order valence-electron chi connectivity index (χ1n) is 6.12. The summed E-state index contributed by atoms with van der Waals surface area (Å²) in [5, 5.41) is 12.9. The van der Waals surface area contributed by atoms with E-state index in [1.165, 1.54) is 0 Å². The number of nitrogens with zero attached hydrogens (tertiary/aromatic N) is 1. The van der Waals surface area contributed by atoms with Gasteiger partial charge in [0, 0.05) is 0 Å². The van der Waals surface area contributed by atoms with Gasteiger partial charge in [0.15, 0.2) is 0 Å². The van der Waals surface area contributed by atoms with Crippen molar-refractivity contribution in [3.05, 3.63) is 46.8 Å². The van der Waals surface area contributed by atoms with Crippen LogP contribution in [0, 0.1) is 13.8 Å². The topological polar surface area (TPSA) is 81.5 Å². The van der Waals surface area contributed by atoms with Gasteiger partial charge >= 0.3 is 0 Å². The maximum absolute atomic E-state index is 8.97. The highest BCUT2D eigenvalue weighted by Gasteiger charge is 2.10. The zero-order valence-electron chi connectivity index (χ0n) is 11.1. The monoisotopic (exact) mass is 262 g/mol. The quantitative estimate of drug-likeness (QED) is 0.859. The van der Waals surface area contributed by atoms with Gasteiger partial charge in [0.2, 0.25) is 0 Å². The summed E-state index contributed by atoms with van der Waals surface area (Å²) in [6.45, 7) is 4.10. The molecule has 0 unspecified atom stereocenters. The smallest absolute Gasteiger partial charge is 0.140 e. The minimum absolute atomic E-state index is 0.0702. The molecule has 0 saturated heterocycles. The average Bonchev–Trinajstić information content (AvgIpc) is 2.75. The van der Waals surface area contributed by atoms with E-state index in [1.54, 1.807) is 0 Å². The van der Waals surface area contributed by atoms with Crippen molar-refractivity contribution in [2.75, 3.05) is 6.61 Å². The Morgan fingerprint density at radius 1 is 1.32 bits per heavy atom. The third-order valence-corrected chi connectivity index (χ3v) is 3.07. The number of aliphatic hydroxyl groups is 1. The van der Waals surface area contributed by atoms with Gasteiger partial charge in [0.1, 0.15) is 18.1 Å². The Labute approximate surface area is 112 Å². The van der Waals surface area contributed by atoms with Gasteiger partial charge in [-0.15, -0.1) is 0 Å². The van der Waals surface area contributed by atoms with Crippen LogP contribution in [0.15, 0.2) is 28.8 Å². The Balaban J connectivity index is 2.01. The van der Waals surface area contributed by atoms with E-state index in [1.807, 2.05) is 38.1 Å². The molecule has 0 bridgehead atoms. The van der Waals surface area contributed by atoms with E-state index >= 15 is 0 Å². The van der Waals surface area contributed by atoms with Crippen LogP contribution >= 0.6 is 0 Å². The largest absolute Gasteiger partial charge is 0.489 e. The molecule has 0 aliphatic carbocycles. The van der Waals surface area contributed by atoms with Gasteiger partial charge in [-0.25, -0.2) is 0 Å². The predicted molar refractivity (Wildman–Crippen MR) is 70.8 cm³/mol. The summed E-state index contributed by atoms with van der Waals surface area (Å²) in [5.74, 6) is 1.52. The standard InChI is InChI=1S/C14H18N2O3/c1-9-13(10(2)19-16-9)8-18-12-5-3-11(4-6-12)14(15)7-17/h3-6,14,17H,7-8,15H2,1-2H3/t14-/m1/s1. The summed E-state index contributed by atoms with van der Waals surface area (Å²) in [5.41, 5.74) is 8.42. The zero-order valence-corrected chi connectivity index (χ0v) is 11.1. The second-order valence-corrected chi connectivity index (χ2v) is 4.45. The number of benzene rings is 1. The fourth-order valence-electron chi connectivity index (χ4n) is 1.78. The molecule has 0 aliphatic heterocycles. The number of rotatable bonds is 5. The molecule has 19 heavy (non-hydrogen) atoms. The molecule has 0 fully saturated rings. The lowest BCUT2D eigenvalue weighted by atomic mass is 10.1. The molecule has 0 spiro atoms. The molecule has 0 aliphatic rings. The molecule has 2 aromatic rings. The summed E-state index contributed by atoms with van der Waals surface area (Å²) in [7, 11) is 0. The number of aryl methyl sites for hydroxylation is 2. The molecule has 5 heteroatoms. The summed E-state index contributed by atoms with van der Waals surface area (Å²) >= 11 is 0. The molecule has 0 amide bonds. The van der Waals surface area contributed by atoms with E-state index in [0.717, 1.165) is 28.3 Å². The van der Waals surface area contributed by atoms with Gasteiger partial charge in [-0.3, -0.25) is 0 Å². The van der Waals surface area contributed by atoms with Gasteiger partial charge in [-0.2, -0.15) is 0 Å². The molecule has 1 aromatic carbocycles. The van der Waals surface area contributed by atoms with Crippen molar-refractivity contribution in [3.63, 3.8) is 0 Å². The van der Waals surface area contributed by atoms with Gasteiger partial charge < -0.3 is 20.1 Å². The van der Waals surface area contributed by atoms with Crippen molar-refractivity contribution in [3.8, 4) is 5.75 Å². The van der Waals surface area contributed by atoms with Crippen molar-refractivity contribution in [1.82, 2.24) is 5.16 Å². The van der Waals surface area contributed by atoms with Crippen molar-refractivity contribution in [2.24, 2.45) is 5.73 Å². The predicted octanol–water partition coefficient (Wildman–Crippen LogP) is 1.86. The second-order valence-electron chi connectivity index (χ2n) is 4.45. The molecule has 2 rings (SSSR count). The first-order chi connectivity index (χ1) is 9.11. The number of hydrogen-bond acceptors (Lipinski definition) is 5. The first-order valence-corrected chi connectivity index (χ1v) is 6.12. The molecule has 0 radical (unpaired) electrons. The van der Waals surface area contributed by atoms with Crippen LogP contribution in [0.1, 0.15) is 28.6 Å². The van der Waals surface area contributed by atoms with E-state index in [-0.39, 0.29) is 12.6 Å². The number of aromatic nitrogens is 1. The van der Waals surface area contributed by atoms with Crippen LogP contribution in [0.5, 0.6) is 5.75 Å². The highest BCUT2D eigenvalue weighted by molar-refractivity contribution is 5.30. The van der Waals surface area contributed by atoms with Crippen molar-refractivity contribution < 1.29 is 14.4 Å². The molecule has 5 nitrogen and oxygen atoms in total. The van der Waals surface area contributed by atoms with Crippen LogP contribution in [0.2, 0.25) is 0 Å². The maximum Gasteiger partial charge on any atom is 0.140 e. The molecule has 1 heterocycles. The van der Waals surface area contributed by atoms with Crippen LogP contribution in [0.4, 0.5) is 0 Å². The SMILES string of the molecule is Cc1noc(C)c1COc1ccc([C@H](N)CO)cc1. The average molecular weight is 262 g/mol. The molecule has 3 N–H and O–H groups in total. The van der Waals surface area contributed by atoms with Gasteiger partial charge in [0.05, 0.1) is 23.9 Å². The maximum atomic E-state index is 8.97. The first kappa shape index (κ1) is 13.6. The second kappa shape index (κ2) is 5.86. The van der Waals surface area contributed by atoms with Gasteiger partial charge in [-0.1, -0.05) is 17.3 Å². The molecular weight excluding hydrogens is 244 g/mol. The molecule has 1 atom stereocenters. The van der Waals surface area contributed by atoms with E-state index < -0.39 is 0 Å². The van der Waals surface area contributed by atoms with Crippen molar-refractivity contribution in [1.29, 1.82) is 0 Å². The minimum atomic E-state index is -0.350. The van der Waals surface area contributed by atoms with E-state index in [2.05, 4.69) is 5.16 Å². The Bertz CT molecular complexity index is 515. The van der Waals surface area contributed by atoms with Gasteiger partial charge in [0.25, 0.3) is 0 Å². The Morgan fingerprint density at radius 3 is 2.53 bits per heavy atom. The third kappa shape index (κ3) is 3.13. The van der Waals surface area contributed by atoms with E-state index in [9.17, 15) is 0 Å². The Kier molecular flexibility index (Phi) is 4.19. The minimum Gasteiger partial charge on any atom is -0.489 e. The van der Waals surface area contributed by atoms with Crippen LogP contribution in [0.3, 0.4) is 0 Å². The van der Waals surface area contributed by atoms with Crippen LogP contribution < -0.4 is 10.5 Å². The molecule has 1 aromatic heterocycles. The lowest BCUT2D eigenvalue weighted by molar-refractivity contribution is 0.267. The molecule has 102 valence electrons. The number of nitrogens with two attached hydrogens (primary N) is 1. The van der Waals surface area contributed by atoms with E-state index in [0.29, 0.717) is 6.61 Å². The number of aliphatic hydroxyl groups excluding tert-OH is 1. The summed E-state index contributed by atoms with van der Waals surface area (Å²) in [6.07, 6.45) is 0. The molecule has 0 saturated carbocycles. The Hall–Kier alpha value is -1.85. The Morgan fingerprint density at radius 2 is 2.00 bits per heavy atom. The van der Waals surface area contributed by atoms with E-state index in [4.69, 9.17) is 20.1 Å². The van der Waals surface area contributed by atoms with Crippen molar-refractivity contribution >= 4 is 0 Å². The third-order valence-electron chi connectivity index (χ3n) is 3.07. The zero-order chi connectivity index (χ0) is 13.8. The fourth-order valence-corrected chi connectivity index (χ4v) is 1.78. The highest BCUT2D eigenvalue weighted by Crippen LogP contribution is 2.19. The number of hydrogen-bond donors (Lipinski definition) is 2. The summed E-state index contributed by atoms with van der Waals surface area (Å²) in [6, 6.07) is 7.02.